The molecule has 0 amide bonds. The average Bonchev–Trinajstić information content (AvgIpc) is 3.01. The van der Waals surface area contributed by atoms with Crippen LogP contribution in [0.15, 0.2) is 42.5 Å². The van der Waals surface area contributed by atoms with Crippen molar-refractivity contribution in [3.8, 4) is 0 Å². The lowest BCUT2D eigenvalue weighted by Crippen LogP contribution is -2.12. The van der Waals surface area contributed by atoms with Gasteiger partial charge in [-0.15, -0.1) is 0 Å². The Morgan fingerprint density at radius 3 is 2.43 bits per heavy atom. The summed E-state index contributed by atoms with van der Waals surface area (Å²) in [6.45, 7) is 0.366. The van der Waals surface area contributed by atoms with Gasteiger partial charge in [-0.3, -0.25) is 14.4 Å². The summed E-state index contributed by atoms with van der Waals surface area (Å²) in [6, 6.07) is 13.0. The van der Waals surface area contributed by atoms with Gasteiger partial charge in [0.2, 0.25) is 0 Å². The second-order valence-electron chi connectivity index (χ2n) is 5.54. The van der Waals surface area contributed by atoms with Gasteiger partial charge < -0.3 is 4.74 Å². The number of cyclic esters (lactones) is 1. The molecule has 1 aliphatic rings. The van der Waals surface area contributed by atoms with Crippen LogP contribution < -0.4 is 0 Å². The van der Waals surface area contributed by atoms with Gasteiger partial charge in [0.15, 0.2) is 6.29 Å². The lowest BCUT2D eigenvalue weighted by atomic mass is 9.86. The van der Waals surface area contributed by atoms with Gasteiger partial charge in [-0.2, -0.15) is 0 Å². The molecule has 3 rings (SSSR count). The van der Waals surface area contributed by atoms with E-state index in [9.17, 15) is 14.4 Å². The Hall–Kier alpha value is -2.75. The normalized spacial score (nSPS) is 16.9. The van der Waals surface area contributed by atoms with E-state index in [1.54, 1.807) is 12.1 Å². The summed E-state index contributed by atoms with van der Waals surface area (Å²) in [7, 11) is 0. The molecule has 0 bridgehead atoms. The van der Waals surface area contributed by atoms with Crippen molar-refractivity contribution >= 4 is 18.5 Å². The van der Waals surface area contributed by atoms with Crippen LogP contribution in [-0.4, -0.2) is 25.1 Å². The van der Waals surface area contributed by atoms with Gasteiger partial charge >= 0.3 is 5.97 Å². The van der Waals surface area contributed by atoms with Gasteiger partial charge in [0.1, 0.15) is 6.29 Å². The number of aldehydes is 2. The zero-order chi connectivity index (χ0) is 16.2. The first-order valence-corrected chi connectivity index (χ1v) is 7.51. The Morgan fingerprint density at radius 1 is 1.04 bits per heavy atom. The molecule has 0 spiro atoms. The molecule has 0 radical (unpaired) electrons. The summed E-state index contributed by atoms with van der Waals surface area (Å²) in [6.07, 6.45) is 2.53. The third-order valence-corrected chi connectivity index (χ3v) is 4.21. The molecular formula is C19H16O4. The number of carbonyl (C=O) groups is 3. The molecule has 1 unspecified atom stereocenters. The van der Waals surface area contributed by atoms with Crippen molar-refractivity contribution in [3.05, 3.63) is 70.3 Å². The second-order valence-corrected chi connectivity index (χ2v) is 5.54. The minimum Gasteiger partial charge on any atom is -0.465 e. The third kappa shape index (κ3) is 2.93. The maximum Gasteiger partial charge on any atom is 0.313 e. The lowest BCUT2D eigenvalue weighted by Gasteiger charge is -2.15. The number of hydrogen-bond donors (Lipinski definition) is 0. The van der Waals surface area contributed by atoms with E-state index in [-0.39, 0.29) is 5.97 Å². The molecule has 1 atom stereocenters. The van der Waals surface area contributed by atoms with Crippen LogP contribution in [0.25, 0.3) is 0 Å². The Labute approximate surface area is 134 Å². The second kappa shape index (κ2) is 6.57. The summed E-state index contributed by atoms with van der Waals surface area (Å²) < 4.78 is 5.01. The topological polar surface area (TPSA) is 60.4 Å². The molecule has 23 heavy (non-hydrogen) atoms. The fraction of sp³-hybridized carbons (Fsp3) is 0.211. The van der Waals surface area contributed by atoms with Gasteiger partial charge in [-0.05, 0) is 29.5 Å². The molecule has 0 aromatic heterocycles. The van der Waals surface area contributed by atoms with Crippen LogP contribution in [0, 0.1) is 0 Å². The van der Waals surface area contributed by atoms with E-state index in [2.05, 4.69) is 0 Å². The van der Waals surface area contributed by atoms with E-state index in [0.29, 0.717) is 41.7 Å². The highest BCUT2D eigenvalue weighted by Crippen LogP contribution is 2.32. The zero-order valence-corrected chi connectivity index (χ0v) is 12.5. The Morgan fingerprint density at radius 2 is 1.83 bits per heavy atom. The Balaban J connectivity index is 2.10. The Bertz CT molecular complexity index is 749. The highest BCUT2D eigenvalue weighted by molar-refractivity contribution is 5.91. The monoisotopic (exact) mass is 308 g/mol. The molecule has 4 nitrogen and oxygen atoms in total. The minimum atomic E-state index is -0.426. The summed E-state index contributed by atoms with van der Waals surface area (Å²) in [5.41, 5.74) is 3.23. The lowest BCUT2D eigenvalue weighted by molar-refractivity contribution is -0.139. The molecule has 0 N–H and O–H groups in total. The van der Waals surface area contributed by atoms with Gasteiger partial charge in [0.25, 0.3) is 0 Å². The smallest absolute Gasteiger partial charge is 0.313 e. The highest BCUT2D eigenvalue weighted by Gasteiger charge is 2.31. The van der Waals surface area contributed by atoms with Crippen molar-refractivity contribution in [3.63, 3.8) is 0 Å². The maximum atomic E-state index is 11.9. The first kappa shape index (κ1) is 15.2. The molecule has 1 fully saturated rings. The largest absolute Gasteiger partial charge is 0.465 e. The molecular weight excluding hydrogens is 292 g/mol. The van der Waals surface area contributed by atoms with E-state index in [1.165, 1.54) is 0 Å². The molecule has 2 aromatic carbocycles. The summed E-state index contributed by atoms with van der Waals surface area (Å²) in [4.78, 5) is 34.9. The predicted molar refractivity (Wildman–Crippen MR) is 84.8 cm³/mol. The average molecular weight is 308 g/mol. The number of ether oxygens (including phenoxy) is 1. The summed E-state index contributed by atoms with van der Waals surface area (Å²) in [5, 5.41) is 0. The van der Waals surface area contributed by atoms with Crippen LogP contribution in [0.2, 0.25) is 0 Å². The standard InChI is InChI=1S/C19H16O4/c20-11-14-6-7-15(16-8-9-23-19(16)22)18(12-21)17(14)10-13-4-2-1-3-5-13/h1-7,11-12,16H,8-10H2. The fourth-order valence-corrected chi connectivity index (χ4v) is 3.03. The SMILES string of the molecule is O=Cc1ccc(C2CCOC2=O)c(C=O)c1Cc1ccccc1. The van der Waals surface area contributed by atoms with Gasteiger partial charge in [0, 0.05) is 11.1 Å². The molecule has 1 heterocycles. The van der Waals surface area contributed by atoms with Crippen LogP contribution in [0.1, 0.15) is 49.7 Å². The number of benzene rings is 2. The van der Waals surface area contributed by atoms with E-state index >= 15 is 0 Å². The first-order valence-electron chi connectivity index (χ1n) is 7.51. The molecule has 4 heteroatoms. The van der Waals surface area contributed by atoms with Crippen LogP contribution in [0.4, 0.5) is 0 Å². The van der Waals surface area contributed by atoms with E-state index < -0.39 is 5.92 Å². The first-order chi connectivity index (χ1) is 11.2. The number of esters is 1. The number of rotatable bonds is 5. The van der Waals surface area contributed by atoms with Crippen molar-refractivity contribution in [2.75, 3.05) is 6.61 Å². The molecule has 1 aliphatic heterocycles. The predicted octanol–water partition coefficient (Wildman–Crippen LogP) is 2.93. The minimum absolute atomic E-state index is 0.308. The molecule has 2 aromatic rings. The quantitative estimate of drug-likeness (QED) is 0.629. The summed E-state index contributed by atoms with van der Waals surface area (Å²) >= 11 is 0. The summed E-state index contributed by atoms with van der Waals surface area (Å²) in [5.74, 6) is -0.733. The van der Waals surface area contributed by atoms with Crippen molar-refractivity contribution in [1.82, 2.24) is 0 Å². The van der Waals surface area contributed by atoms with E-state index in [4.69, 9.17) is 4.74 Å². The Kier molecular flexibility index (Phi) is 4.33. The maximum absolute atomic E-state index is 11.9. The van der Waals surface area contributed by atoms with Crippen molar-refractivity contribution in [2.24, 2.45) is 0 Å². The van der Waals surface area contributed by atoms with E-state index in [1.807, 2.05) is 30.3 Å². The third-order valence-electron chi connectivity index (χ3n) is 4.21. The molecule has 1 saturated heterocycles. The van der Waals surface area contributed by atoms with Crippen LogP contribution in [0.3, 0.4) is 0 Å². The zero-order valence-electron chi connectivity index (χ0n) is 12.5. The van der Waals surface area contributed by atoms with Crippen LogP contribution in [0.5, 0.6) is 0 Å². The van der Waals surface area contributed by atoms with Crippen molar-refractivity contribution < 1.29 is 19.1 Å². The van der Waals surface area contributed by atoms with Crippen LogP contribution >= 0.6 is 0 Å². The van der Waals surface area contributed by atoms with Gasteiger partial charge in [-0.1, -0.05) is 42.5 Å². The van der Waals surface area contributed by atoms with Crippen LogP contribution in [-0.2, 0) is 16.0 Å². The van der Waals surface area contributed by atoms with Gasteiger partial charge in [-0.25, -0.2) is 0 Å². The number of hydrogen-bond acceptors (Lipinski definition) is 4. The van der Waals surface area contributed by atoms with Crippen molar-refractivity contribution in [1.29, 1.82) is 0 Å². The molecule has 0 aliphatic carbocycles. The number of carbonyl (C=O) groups excluding carboxylic acids is 3. The van der Waals surface area contributed by atoms with Crippen molar-refractivity contribution in [2.45, 2.75) is 18.8 Å². The fourth-order valence-electron chi connectivity index (χ4n) is 3.03. The molecule has 0 saturated carbocycles. The van der Waals surface area contributed by atoms with Gasteiger partial charge in [0.05, 0.1) is 12.5 Å². The molecule has 116 valence electrons. The highest BCUT2D eigenvalue weighted by atomic mass is 16.5. The van der Waals surface area contributed by atoms with E-state index in [0.717, 1.165) is 18.1 Å².